The predicted octanol–water partition coefficient (Wildman–Crippen LogP) is 4.27. The Morgan fingerprint density at radius 1 is 1.22 bits per heavy atom. The second-order valence-corrected chi connectivity index (χ2v) is 8.49. The van der Waals surface area contributed by atoms with Crippen LogP contribution in [0.1, 0.15) is 62.7 Å². The molecule has 0 saturated heterocycles. The van der Waals surface area contributed by atoms with Gasteiger partial charge < -0.3 is 9.73 Å². The number of nitrogens with zero attached hydrogens (tertiary/aromatic N) is 3. The van der Waals surface area contributed by atoms with Crippen molar-refractivity contribution in [1.82, 2.24) is 15.5 Å². The largest absolute Gasteiger partial charge is 0.421 e. The molecule has 1 aromatic carbocycles. The molecular weight excluding hydrogens is 340 g/mol. The summed E-state index contributed by atoms with van der Waals surface area (Å²) in [5.41, 5.74) is 0.728. The Morgan fingerprint density at radius 3 is 2.33 bits per heavy atom. The fraction of sp³-hybridized carbons (Fsp3) is 0.524. The first-order valence-electron chi connectivity index (χ1n) is 9.37. The molecule has 0 unspecified atom stereocenters. The highest BCUT2D eigenvalue weighted by atomic mass is 16.4. The first kappa shape index (κ1) is 19.1. The van der Waals surface area contributed by atoms with Crippen LogP contribution >= 0.6 is 0 Å². The Kier molecular flexibility index (Phi) is 5.05. The van der Waals surface area contributed by atoms with Gasteiger partial charge in [0, 0.05) is 18.1 Å². The van der Waals surface area contributed by atoms with E-state index in [1.807, 2.05) is 0 Å². The molecule has 1 saturated carbocycles. The van der Waals surface area contributed by atoms with Crippen LogP contribution in [-0.4, -0.2) is 21.6 Å². The van der Waals surface area contributed by atoms with Crippen LogP contribution in [0, 0.1) is 29.6 Å². The van der Waals surface area contributed by atoms with Crippen LogP contribution in [0.2, 0.25) is 0 Å². The molecule has 3 rings (SSSR count). The van der Waals surface area contributed by atoms with Gasteiger partial charge in [-0.05, 0) is 61.3 Å². The van der Waals surface area contributed by atoms with E-state index < -0.39 is 5.54 Å². The Bertz CT molecular complexity index is 848. The first-order valence-corrected chi connectivity index (χ1v) is 9.37. The molecule has 1 aliphatic carbocycles. The van der Waals surface area contributed by atoms with Crippen molar-refractivity contribution in [1.29, 1.82) is 5.26 Å². The van der Waals surface area contributed by atoms with Crippen LogP contribution in [0.15, 0.2) is 28.7 Å². The summed E-state index contributed by atoms with van der Waals surface area (Å²) in [6.45, 7) is 8.44. The van der Waals surface area contributed by atoms with Crippen molar-refractivity contribution in [2.24, 2.45) is 11.3 Å². The van der Waals surface area contributed by atoms with E-state index in [9.17, 15) is 10.1 Å². The minimum absolute atomic E-state index is 0.223. The van der Waals surface area contributed by atoms with Crippen LogP contribution in [0.4, 0.5) is 0 Å². The molecule has 6 heteroatoms. The maximum Gasteiger partial charge on any atom is 0.252 e. The van der Waals surface area contributed by atoms with E-state index in [4.69, 9.17) is 4.42 Å². The van der Waals surface area contributed by atoms with E-state index in [0.29, 0.717) is 36.1 Å². The highest BCUT2D eigenvalue weighted by molar-refractivity contribution is 5.95. The molecule has 6 nitrogen and oxygen atoms in total. The molecule has 142 valence electrons. The lowest BCUT2D eigenvalue weighted by molar-refractivity contribution is 0.0856. The van der Waals surface area contributed by atoms with Gasteiger partial charge in [0.05, 0.1) is 6.07 Å². The molecule has 1 fully saturated rings. The van der Waals surface area contributed by atoms with Gasteiger partial charge in [-0.3, -0.25) is 4.79 Å². The van der Waals surface area contributed by atoms with Gasteiger partial charge >= 0.3 is 0 Å². The number of rotatable bonds is 3. The number of aryl methyl sites for hydroxylation is 1. The van der Waals surface area contributed by atoms with Crippen molar-refractivity contribution in [3.8, 4) is 17.5 Å². The third-order valence-corrected chi connectivity index (χ3v) is 5.55. The minimum atomic E-state index is -0.777. The lowest BCUT2D eigenvalue weighted by Gasteiger charge is -2.40. The predicted molar refractivity (Wildman–Crippen MR) is 102 cm³/mol. The van der Waals surface area contributed by atoms with Gasteiger partial charge in [-0.1, -0.05) is 20.8 Å². The normalized spacial score (nSPS) is 22.9. The van der Waals surface area contributed by atoms with Gasteiger partial charge in [0.1, 0.15) is 5.54 Å². The molecule has 27 heavy (non-hydrogen) atoms. The van der Waals surface area contributed by atoms with E-state index in [0.717, 1.165) is 18.4 Å². The van der Waals surface area contributed by atoms with Gasteiger partial charge in [-0.2, -0.15) is 5.26 Å². The summed E-state index contributed by atoms with van der Waals surface area (Å²) in [7, 11) is 0. The monoisotopic (exact) mass is 366 g/mol. The van der Waals surface area contributed by atoms with Crippen molar-refractivity contribution < 1.29 is 9.21 Å². The molecule has 0 aliphatic heterocycles. The molecule has 1 aliphatic rings. The SMILES string of the molecule is Cc1nnc(-c2ccc(C(=O)NC3(C#N)CCC(C(C)(C)C)CC3)cc2)o1. The summed E-state index contributed by atoms with van der Waals surface area (Å²) in [6, 6.07) is 9.35. The van der Waals surface area contributed by atoms with Crippen LogP contribution in [0.5, 0.6) is 0 Å². The van der Waals surface area contributed by atoms with Gasteiger partial charge in [0.2, 0.25) is 11.8 Å². The molecule has 0 atom stereocenters. The Hall–Kier alpha value is -2.68. The molecule has 2 aromatic rings. The smallest absolute Gasteiger partial charge is 0.252 e. The molecule has 0 bridgehead atoms. The van der Waals surface area contributed by atoms with E-state index in [1.54, 1.807) is 31.2 Å². The molecule has 0 spiro atoms. The summed E-state index contributed by atoms with van der Waals surface area (Å²) in [6.07, 6.45) is 3.28. The minimum Gasteiger partial charge on any atom is -0.421 e. The van der Waals surface area contributed by atoms with E-state index in [1.165, 1.54) is 0 Å². The summed E-state index contributed by atoms with van der Waals surface area (Å²) in [5.74, 6) is 1.27. The Morgan fingerprint density at radius 2 is 1.85 bits per heavy atom. The van der Waals surface area contributed by atoms with Crippen LogP contribution in [0.3, 0.4) is 0 Å². The van der Waals surface area contributed by atoms with E-state index in [2.05, 4.69) is 42.4 Å². The van der Waals surface area contributed by atoms with Crippen molar-refractivity contribution in [2.75, 3.05) is 0 Å². The second kappa shape index (κ2) is 7.15. The maximum atomic E-state index is 12.7. The van der Waals surface area contributed by atoms with Gasteiger partial charge in [0.15, 0.2) is 0 Å². The van der Waals surface area contributed by atoms with Crippen molar-refractivity contribution >= 4 is 5.91 Å². The number of nitriles is 1. The fourth-order valence-electron chi connectivity index (χ4n) is 3.71. The van der Waals surface area contributed by atoms with Crippen molar-refractivity contribution in [2.45, 2.75) is 58.9 Å². The van der Waals surface area contributed by atoms with Crippen LogP contribution in [-0.2, 0) is 0 Å². The third-order valence-electron chi connectivity index (χ3n) is 5.55. The third kappa shape index (κ3) is 4.19. The second-order valence-electron chi connectivity index (χ2n) is 8.49. The molecule has 1 amide bonds. The lowest BCUT2D eigenvalue weighted by Crippen LogP contribution is -2.50. The number of hydrogen-bond donors (Lipinski definition) is 1. The quantitative estimate of drug-likeness (QED) is 0.875. The molecule has 1 N–H and O–H groups in total. The number of hydrogen-bond acceptors (Lipinski definition) is 5. The van der Waals surface area contributed by atoms with Gasteiger partial charge in [-0.15, -0.1) is 10.2 Å². The zero-order chi connectivity index (χ0) is 19.7. The maximum absolute atomic E-state index is 12.7. The van der Waals surface area contributed by atoms with E-state index >= 15 is 0 Å². The van der Waals surface area contributed by atoms with E-state index in [-0.39, 0.29) is 11.3 Å². The van der Waals surface area contributed by atoms with Crippen LogP contribution in [0.25, 0.3) is 11.5 Å². The number of carbonyl (C=O) groups excluding carboxylic acids is 1. The van der Waals surface area contributed by atoms with Gasteiger partial charge in [0.25, 0.3) is 5.91 Å². The average Bonchev–Trinajstić information content (AvgIpc) is 3.08. The summed E-state index contributed by atoms with van der Waals surface area (Å²) in [4.78, 5) is 12.7. The topological polar surface area (TPSA) is 91.8 Å². The number of carbonyl (C=O) groups is 1. The number of amides is 1. The zero-order valence-corrected chi connectivity index (χ0v) is 16.4. The molecule has 1 aromatic heterocycles. The van der Waals surface area contributed by atoms with Gasteiger partial charge in [-0.25, -0.2) is 0 Å². The highest BCUT2D eigenvalue weighted by Gasteiger charge is 2.40. The summed E-state index contributed by atoms with van der Waals surface area (Å²) in [5, 5.41) is 20.5. The number of aromatic nitrogens is 2. The number of benzene rings is 1. The first-order chi connectivity index (χ1) is 12.7. The Balaban J connectivity index is 1.68. The van der Waals surface area contributed by atoms with Crippen molar-refractivity contribution in [3.63, 3.8) is 0 Å². The molecule has 1 heterocycles. The van der Waals surface area contributed by atoms with Crippen LogP contribution < -0.4 is 5.32 Å². The summed E-state index contributed by atoms with van der Waals surface area (Å²) < 4.78 is 5.40. The number of nitrogens with one attached hydrogen (secondary N) is 1. The fourth-order valence-corrected chi connectivity index (χ4v) is 3.71. The molecule has 0 radical (unpaired) electrons. The van der Waals surface area contributed by atoms with Crippen molar-refractivity contribution in [3.05, 3.63) is 35.7 Å². The molecular formula is C21H26N4O2. The Labute approximate surface area is 160 Å². The summed E-state index contributed by atoms with van der Waals surface area (Å²) >= 11 is 0. The zero-order valence-electron chi connectivity index (χ0n) is 16.4. The standard InChI is InChI=1S/C21H26N4O2/c1-14-24-25-19(27-14)16-7-5-15(6-8-16)18(26)23-21(13-22)11-9-17(10-12-21)20(2,3)4/h5-8,17H,9-12H2,1-4H3,(H,23,26). The lowest BCUT2D eigenvalue weighted by atomic mass is 9.67. The average molecular weight is 366 g/mol. The highest BCUT2D eigenvalue weighted by Crippen LogP contribution is 2.41.